The molecule has 0 radical (unpaired) electrons. The molecule has 0 aliphatic heterocycles. The van der Waals surface area contributed by atoms with Crippen molar-refractivity contribution in [2.24, 2.45) is 50.2 Å². The molecule has 0 unspecified atom stereocenters. The minimum atomic E-state index is -0.517. The number of rotatable bonds is 7. The lowest BCUT2D eigenvalue weighted by Gasteiger charge is -2.71. The number of hydrogen-bond acceptors (Lipinski definition) is 5. The van der Waals surface area contributed by atoms with E-state index in [9.17, 15) is 9.59 Å². The Hall–Kier alpha value is -2.57. The molecule has 0 spiro atoms. The third-order valence-corrected chi connectivity index (χ3v) is 15.3. The second-order valence-electron chi connectivity index (χ2n) is 19.3. The Morgan fingerprint density at radius 3 is 2.33 bits per heavy atom. The van der Waals surface area contributed by atoms with E-state index in [1.807, 2.05) is 24.8 Å². The molecule has 7 heteroatoms. The second-order valence-corrected chi connectivity index (χ2v) is 19.3. The third-order valence-electron chi connectivity index (χ3n) is 15.3. The number of nitrogens with one attached hydrogen (secondary N) is 1. The molecule has 4 fully saturated rings. The maximum atomic E-state index is 15.2. The maximum Gasteiger partial charge on any atom is 0.302 e. The van der Waals surface area contributed by atoms with E-state index in [1.165, 1.54) is 5.57 Å². The van der Waals surface area contributed by atoms with Crippen LogP contribution in [0.5, 0.6) is 0 Å². The minimum Gasteiger partial charge on any atom is -0.472 e. The van der Waals surface area contributed by atoms with Gasteiger partial charge in [-0.1, -0.05) is 60.1 Å². The molecular formula is C42H64N2O5. The van der Waals surface area contributed by atoms with E-state index in [1.54, 1.807) is 19.5 Å². The highest BCUT2D eigenvalue weighted by Gasteiger charge is 2.69. The number of ether oxygens (including phenoxy) is 1. The summed E-state index contributed by atoms with van der Waals surface area (Å²) in [5, 5.41) is 3.03. The Morgan fingerprint density at radius 2 is 1.67 bits per heavy atom. The number of amides is 2. The minimum absolute atomic E-state index is 0.00690. The first-order valence-electron chi connectivity index (χ1n) is 19.3. The van der Waals surface area contributed by atoms with Gasteiger partial charge in [-0.2, -0.15) is 0 Å². The molecule has 2 amide bonds. The van der Waals surface area contributed by atoms with E-state index >= 15 is 4.79 Å². The van der Waals surface area contributed by atoms with Crippen molar-refractivity contribution >= 4 is 17.8 Å². The van der Waals surface area contributed by atoms with Gasteiger partial charge in [-0.05, 0) is 124 Å². The first-order valence-corrected chi connectivity index (χ1v) is 19.3. The van der Waals surface area contributed by atoms with Crippen LogP contribution in [-0.2, 0) is 25.7 Å². The molecule has 1 N–H and O–H groups in total. The highest BCUT2D eigenvalue weighted by Crippen LogP contribution is 2.76. The van der Waals surface area contributed by atoms with E-state index in [0.29, 0.717) is 18.4 Å². The van der Waals surface area contributed by atoms with Crippen LogP contribution in [0.4, 0.5) is 0 Å². The molecule has 0 saturated heterocycles. The Kier molecular flexibility index (Phi) is 9.09. The summed E-state index contributed by atoms with van der Waals surface area (Å²) in [6, 6.07) is 1.91. The molecule has 0 bridgehead atoms. The molecule has 6 rings (SSSR count). The van der Waals surface area contributed by atoms with Crippen LogP contribution in [-0.4, -0.2) is 41.4 Å². The van der Waals surface area contributed by atoms with Crippen molar-refractivity contribution in [2.75, 3.05) is 6.54 Å². The quantitative estimate of drug-likeness (QED) is 0.230. The highest BCUT2D eigenvalue weighted by molar-refractivity contribution is 5.89. The monoisotopic (exact) mass is 676 g/mol. The van der Waals surface area contributed by atoms with Gasteiger partial charge in [-0.15, -0.1) is 0 Å². The van der Waals surface area contributed by atoms with Gasteiger partial charge >= 0.3 is 5.97 Å². The van der Waals surface area contributed by atoms with Crippen LogP contribution in [0.1, 0.15) is 139 Å². The largest absolute Gasteiger partial charge is 0.472 e. The van der Waals surface area contributed by atoms with Crippen molar-refractivity contribution in [3.8, 4) is 0 Å². The summed E-state index contributed by atoms with van der Waals surface area (Å²) >= 11 is 0. The molecule has 1 aromatic heterocycles. The standard InChI is InChI=1S/C42H64N2O5/c1-27(2)43-35(46)25-44(24-29-15-22-48-26-29)36(47)42-20-18-37(4,5)23-31(42)30-11-12-33-39(8)16-14-34(49-28(3)45)38(6,7)32(39)13-17-41(33,10)40(30,9)19-21-42/h11,15,22,26-27,31-34H,12-14,16-21,23-25H2,1-10H3,(H,43,46)/t31-,32-,33+,34-,39-,40+,41+,42-/m0/s1. The second kappa shape index (κ2) is 12.3. The molecule has 1 aromatic rings. The van der Waals surface area contributed by atoms with Gasteiger partial charge in [0.2, 0.25) is 11.8 Å². The Labute approximate surface area is 295 Å². The van der Waals surface area contributed by atoms with E-state index in [4.69, 9.17) is 9.15 Å². The average Bonchev–Trinajstić information content (AvgIpc) is 3.51. The molecule has 8 atom stereocenters. The van der Waals surface area contributed by atoms with Crippen LogP contribution in [0.3, 0.4) is 0 Å². The van der Waals surface area contributed by atoms with Crippen LogP contribution in [0.25, 0.3) is 0 Å². The summed E-state index contributed by atoms with van der Waals surface area (Å²) in [6.45, 7) is 23.1. The van der Waals surface area contributed by atoms with Crippen LogP contribution < -0.4 is 5.32 Å². The van der Waals surface area contributed by atoms with Gasteiger partial charge in [0.1, 0.15) is 6.10 Å². The lowest BCUT2D eigenvalue weighted by atomic mass is 9.33. The number of carbonyl (C=O) groups is 3. The van der Waals surface area contributed by atoms with E-state index in [2.05, 4.69) is 59.9 Å². The fraction of sp³-hybridized carbons (Fsp3) is 0.786. The van der Waals surface area contributed by atoms with Gasteiger partial charge in [0.05, 0.1) is 24.5 Å². The fourth-order valence-electron chi connectivity index (χ4n) is 12.7. The van der Waals surface area contributed by atoms with E-state index in [-0.39, 0.29) is 69.5 Å². The summed E-state index contributed by atoms with van der Waals surface area (Å²) in [7, 11) is 0. The summed E-state index contributed by atoms with van der Waals surface area (Å²) in [5.74, 6) is 1.04. The lowest BCUT2D eigenvalue weighted by Crippen LogP contribution is -2.66. The van der Waals surface area contributed by atoms with Gasteiger partial charge < -0.3 is 19.4 Å². The van der Waals surface area contributed by atoms with Gasteiger partial charge in [-0.3, -0.25) is 14.4 Å². The molecule has 49 heavy (non-hydrogen) atoms. The Morgan fingerprint density at radius 1 is 0.959 bits per heavy atom. The Bertz CT molecular complexity index is 1480. The number of hydrogen-bond donors (Lipinski definition) is 1. The molecule has 7 nitrogen and oxygen atoms in total. The smallest absolute Gasteiger partial charge is 0.302 e. The van der Waals surface area contributed by atoms with Crippen molar-refractivity contribution in [1.29, 1.82) is 0 Å². The average molecular weight is 677 g/mol. The van der Waals surface area contributed by atoms with Crippen molar-refractivity contribution in [2.45, 2.75) is 152 Å². The van der Waals surface area contributed by atoms with Crippen molar-refractivity contribution in [3.63, 3.8) is 0 Å². The van der Waals surface area contributed by atoms with Crippen molar-refractivity contribution in [1.82, 2.24) is 10.2 Å². The number of nitrogens with zero attached hydrogens (tertiary/aromatic N) is 1. The zero-order chi connectivity index (χ0) is 35.8. The molecule has 5 aliphatic rings. The van der Waals surface area contributed by atoms with E-state index in [0.717, 1.165) is 69.8 Å². The van der Waals surface area contributed by atoms with Gasteiger partial charge in [0.25, 0.3) is 0 Å². The highest BCUT2D eigenvalue weighted by atomic mass is 16.5. The van der Waals surface area contributed by atoms with Crippen LogP contribution >= 0.6 is 0 Å². The molecule has 272 valence electrons. The van der Waals surface area contributed by atoms with Crippen LogP contribution in [0, 0.1) is 50.2 Å². The van der Waals surface area contributed by atoms with Gasteiger partial charge in [-0.25, -0.2) is 0 Å². The third kappa shape index (κ3) is 5.81. The first-order chi connectivity index (χ1) is 22.8. The van der Waals surface area contributed by atoms with Crippen molar-refractivity contribution in [3.05, 3.63) is 35.8 Å². The first kappa shape index (κ1) is 36.2. The molecule has 0 aromatic carbocycles. The summed E-state index contributed by atoms with van der Waals surface area (Å²) in [4.78, 5) is 42.4. The van der Waals surface area contributed by atoms with Gasteiger partial charge in [0.15, 0.2) is 0 Å². The normalized spacial score (nSPS) is 39.0. The number of allylic oxidation sites excluding steroid dienone is 2. The maximum absolute atomic E-state index is 15.2. The zero-order valence-electron chi connectivity index (χ0n) is 32.2. The SMILES string of the molecule is CC(=O)O[C@H]1CC[C@]2(C)[C@H]3CC=C4[C@@H]5CC(C)(C)CC[C@]5(C(=O)N(CC(=O)NC(C)C)Cc5ccoc5)CC[C@@]4(C)[C@]3(C)CC[C@H]2C1(C)C. The zero-order valence-corrected chi connectivity index (χ0v) is 32.2. The summed E-state index contributed by atoms with van der Waals surface area (Å²) in [5.41, 5.74) is 2.24. The van der Waals surface area contributed by atoms with Crippen LogP contribution in [0.15, 0.2) is 34.7 Å². The molecular weight excluding hydrogens is 612 g/mol. The lowest BCUT2D eigenvalue weighted by molar-refractivity contribution is -0.212. The van der Waals surface area contributed by atoms with Gasteiger partial charge in [0, 0.05) is 30.5 Å². The predicted octanol–water partition coefficient (Wildman–Crippen LogP) is 8.87. The number of furan rings is 1. The summed E-state index contributed by atoms with van der Waals surface area (Å²) in [6.07, 6.45) is 16.0. The predicted molar refractivity (Wildman–Crippen MR) is 192 cm³/mol. The topological polar surface area (TPSA) is 88.9 Å². The number of fused-ring (bicyclic) bond motifs is 7. The number of carbonyl (C=O) groups excluding carboxylic acids is 3. The van der Waals surface area contributed by atoms with Crippen molar-refractivity contribution < 1.29 is 23.5 Å². The fourth-order valence-corrected chi connectivity index (χ4v) is 12.7. The molecule has 5 aliphatic carbocycles. The Balaban J connectivity index is 1.37. The molecule has 4 saturated carbocycles. The molecule has 1 heterocycles. The summed E-state index contributed by atoms with van der Waals surface area (Å²) < 4.78 is 11.4. The van der Waals surface area contributed by atoms with Crippen LogP contribution in [0.2, 0.25) is 0 Å². The van der Waals surface area contributed by atoms with E-state index < -0.39 is 5.41 Å². The number of esters is 1.